The van der Waals surface area contributed by atoms with Crippen LogP contribution in [0.1, 0.15) is 13.3 Å². The summed E-state index contributed by atoms with van der Waals surface area (Å²) in [5.74, 6) is -0.0604. The molecule has 0 bridgehead atoms. The van der Waals surface area contributed by atoms with Crippen LogP contribution in [0.15, 0.2) is 27.8 Å². The van der Waals surface area contributed by atoms with Gasteiger partial charge < -0.3 is 10.4 Å². The summed E-state index contributed by atoms with van der Waals surface area (Å²) in [6.07, 6.45) is 2.33. The molecule has 0 radical (unpaired) electrons. The van der Waals surface area contributed by atoms with Crippen molar-refractivity contribution >= 4 is 33.7 Å². The van der Waals surface area contributed by atoms with Crippen LogP contribution >= 0.6 is 27.7 Å². The number of halogens is 1. The fourth-order valence-corrected chi connectivity index (χ4v) is 2.38. The van der Waals surface area contributed by atoms with Crippen molar-refractivity contribution in [3.8, 4) is 0 Å². The van der Waals surface area contributed by atoms with E-state index >= 15 is 0 Å². The van der Waals surface area contributed by atoms with Crippen molar-refractivity contribution in [3.05, 3.63) is 22.8 Å². The summed E-state index contributed by atoms with van der Waals surface area (Å²) in [5, 5.41) is 12.8. The highest BCUT2D eigenvalue weighted by Gasteiger charge is 2.15. The molecule has 0 aliphatic carbocycles. The molecule has 1 rings (SSSR count). The maximum absolute atomic E-state index is 10.9. The van der Waals surface area contributed by atoms with Gasteiger partial charge in [-0.3, -0.25) is 4.79 Å². The van der Waals surface area contributed by atoms with Crippen molar-refractivity contribution in [2.24, 2.45) is 0 Å². The average molecular weight is 319 g/mol. The first-order valence-corrected chi connectivity index (χ1v) is 7.12. The van der Waals surface area contributed by atoms with Crippen LogP contribution in [0.2, 0.25) is 0 Å². The Morgan fingerprint density at radius 1 is 1.65 bits per heavy atom. The third-order valence-corrected chi connectivity index (χ3v) is 3.55. The first-order chi connectivity index (χ1) is 8.13. The lowest BCUT2D eigenvalue weighted by Gasteiger charge is -2.12. The van der Waals surface area contributed by atoms with E-state index in [4.69, 9.17) is 5.11 Å². The molecule has 1 unspecified atom stereocenters. The highest BCUT2D eigenvalue weighted by atomic mass is 79.9. The highest BCUT2D eigenvalue weighted by molar-refractivity contribution is 9.10. The molecule has 0 aliphatic heterocycles. The van der Waals surface area contributed by atoms with Crippen molar-refractivity contribution in [1.29, 1.82) is 0 Å². The minimum atomic E-state index is -0.795. The minimum absolute atomic E-state index is 0.469. The van der Waals surface area contributed by atoms with E-state index in [1.807, 2.05) is 19.1 Å². The Kier molecular flexibility index (Phi) is 6.54. The third-order valence-electron chi connectivity index (χ3n) is 2.11. The van der Waals surface area contributed by atoms with Gasteiger partial charge in [0.05, 0.1) is 5.03 Å². The van der Waals surface area contributed by atoms with Crippen LogP contribution in [0.5, 0.6) is 0 Å². The lowest BCUT2D eigenvalue weighted by atomic mass is 10.2. The first kappa shape index (κ1) is 14.5. The lowest BCUT2D eigenvalue weighted by molar-refractivity contribution is -0.139. The number of nitrogens with one attached hydrogen (secondary N) is 1. The summed E-state index contributed by atoms with van der Waals surface area (Å²) in [6.45, 7) is 2.57. The van der Waals surface area contributed by atoms with Gasteiger partial charge in [-0.25, -0.2) is 4.98 Å². The predicted molar refractivity (Wildman–Crippen MR) is 72.4 cm³/mol. The third kappa shape index (κ3) is 5.52. The van der Waals surface area contributed by atoms with Gasteiger partial charge in [0.2, 0.25) is 0 Å². The van der Waals surface area contributed by atoms with Gasteiger partial charge in [-0.15, -0.1) is 11.8 Å². The summed E-state index contributed by atoms with van der Waals surface area (Å²) < 4.78 is 0.943. The molecule has 0 amide bonds. The van der Waals surface area contributed by atoms with E-state index in [0.29, 0.717) is 13.0 Å². The lowest BCUT2D eigenvalue weighted by Crippen LogP contribution is -2.36. The molecule has 0 saturated carbocycles. The largest absolute Gasteiger partial charge is 0.480 e. The van der Waals surface area contributed by atoms with Gasteiger partial charge in [0.15, 0.2) is 0 Å². The van der Waals surface area contributed by atoms with Crippen LogP contribution < -0.4 is 5.32 Å². The fraction of sp³-hybridized carbons (Fsp3) is 0.455. The van der Waals surface area contributed by atoms with E-state index in [0.717, 1.165) is 15.3 Å². The van der Waals surface area contributed by atoms with Crippen LogP contribution in [0.4, 0.5) is 0 Å². The van der Waals surface area contributed by atoms with E-state index in [-0.39, 0.29) is 0 Å². The molecule has 6 heteroatoms. The summed E-state index contributed by atoms with van der Waals surface area (Å²) in [7, 11) is 0. The van der Waals surface area contributed by atoms with Crippen LogP contribution in [-0.4, -0.2) is 34.4 Å². The Balaban J connectivity index is 2.35. The normalized spacial score (nSPS) is 12.4. The molecule has 0 spiro atoms. The standard InChI is InChI=1S/C11H15BrN2O2S/c1-2-13-9(11(15)16)5-6-17-10-4-3-8(12)7-14-10/h3-4,7,9,13H,2,5-6H2,1H3,(H,15,16). The molecule has 4 nitrogen and oxygen atoms in total. The number of hydrogen-bond donors (Lipinski definition) is 2. The monoisotopic (exact) mass is 318 g/mol. The molecule has 1 aromatic rings. The van der Waals surface area contributed by atoms with Crippen LogP contribution in [-0.2, 0) is 4.79 Å². The summed E-state index contributed by atoms with van der Waals surface area (Å²) in [5.41, 5.74) is 0. The number of aliphatic carboxylic acids is 1. The second kappa shape index (κ2) is 7.68. The maximum atomic E-state index is 10.9. The number of nitrogens with zero attached hydrogens (tertiary/aromatic N) is 1. The van der Waals surface area contributed by atoms with E-state index in [9.17, 15) is 4.79 Å². The summed E-state index contributed by atoms with van der Waals surface area (Å²) >= 11 is 4.88. The molecule has 94 valence electrons. The molecule has 1 atom stereocenters. The van der Waals surface area contributed by atoms with Crippen LogP contribution in [0.3, 0.4) is 0 Å². The van der Waals surface area contributed by atoms with Gasteiger partial charge in [-0.05, 0) is 41.0 Å². The number of carbonyl (C=O) groups is 1. The van der Waals surface area contributed by atoms with Crippen molar-refractivity contribution in [1.82, 2.24) is 10.3 Å². The molecule has 1 aromatic heterocycles. The van der Waals surface area contributed by atoms with Gasteiger partial charge in [-0.1, -0.05) is 6.92 Å². The van der Waals surface area contributed by atoms with Gasteiger partial charge >= 0.3 is 5.97 Å². The Bertz CT molecular complexity index is 359. The Labute approximate surface area is 113 Å². The molecule has 2 N–H and O–H groups in total. The Morgan fingerprint density at radius 2 is 2.41 bits per heavy atom. The molecule has 0 fully saturated rings. The quantitative estimate of drug-likeness (QED) is 0.756. The second-order valence-electron chi connectivity index (χ2n) is 3.40. The zero-order valence-electron chi connectivity index (χ0n) is 9.52. The van der Waals surface area contributed by atoms with Crippen molar-refractivity contribution < 1.29 is 9.90 Å². The first-order valence-electron chi connectivity index (χ1n) is 5.34. The summed E-state index contributed by atoms with van der Waals surface area (Å²) in [6, 6.07) is 3.37. The van der Waals surface area contributed by atoms with E-state index < -0.39 is 12.0 Å². The molecule has 0 aliphatic rings. The molecule has 0 aromatic carbocycles. The Morgan fingerprint density at radius 3 is 2.94 bits per heavy atom. The Hall–Kier alpha value is -0.590. The fourth-order valence-electron chi connectivity index (χ4n) is 1.29. The number of aromatic nitrogens is 1. The number of carboxylic acid groups (broad SMARTS) is 1. The van der Waals surface area contributed by atoms with Gasteiger partial charge in [0, 0.05) is 16.4 Å². The number of rotatable bonds is 7. The van der Waals surface area contributed by atoms with Crippen molar-refractivity contribution in [3.63, 3.8) is 0 Å². The number of carboxylic acids is 1. The average Bonchev–Trinajstić information content (AvgIpc) is 2.30. The van der Waals surface area contributed by atoms with E-state index in [2.05, 4.69) is 26.2 Å². The molecular weight excluding hydrogens is 304 g/mol. The molecule has 17 heavy (non-hydrogen) atoms. The van der Waals surface area contributed by atoms with Crippen LogP contribution in [0.25, 0.3) is 0 Å². The predicted octanol–water partition coefficient (Wildman–Crippen LogP) is 2.39. The zero-order valence-corrected chi connectivity index (χ0v) is 11.9. The van der Waals surface area contributed by atoms with Gasteiger partial charge in [-0.2, -0.15) is 0 Å². The molecule has 0 saturated heterocycles. The topological polar surface area (TPSA) is 62.2 Å². The minimum Gasteiger partial charge on any atom is -0.480 e. The second-order valence-corrected chi connectivity index (χ2v) is 5.43. The number of pyridine rings is 1. The van der Waals surface area contributed by atoms with Crippen LogP contribution in [0, 0.1) is 0 Å². The van der Waals surface area contributed by atoms with Crippen molar-refractivity contribution in [2.75, 3.05) is 12.3 Å². The summed E-state index contributed by atoms with van der Waals surface area (Å²) in [4.78, 5) is 15.1. The molecule has 1 heterocycles. The van der Waals surface area contributed by atoms with Gasteiger partial charge in [0.1, 0.15) is 6.04 Å². The maximum Gasteiger partial charge on any atom is 0.320 e. The zero-order chi connectivity index (χ0) is 12.7. The van der Waals surface area contributed by atoms with E-state index in [1.165, 1.54) is 0 Å². The number of thioether (sulfide) groups is 1. The number of hydrogen-bond acceptors (Lipinski definition) is 4. The van der Waals surface area contributed by atoms with Gasteiger partial charge in [0.25, 0.3) is 0 Å². The number of likely N-dealkylation sites (N-methyl/N-ethyl adjacent to an activating group) is 1. The van der Waals surface area contributed by atoms with E-state index in [1.54, 1.807) is 18.0 Å². The SMILES string of the molecule is CCNC(CCSc1ccc(Br)cn1)C(=O)O. The smallest absolute Gasteiger partial charge is 0.320 e. The molecular formula is C11H15BrN2O2S. The van der Waals surface area contributed by atoms with Crippen molar-refractivity contribution in [2.45, 2.75) is 24.4 Å². The highest BCUT2D eigenvalue weighted by Crippen LogP contribution is 2.18.